The van der Waals surface area contributed by atoms with Crippen molar-refractivity contribution in [3.05, 3.63) is 0 Å². The van der Waals surface area contributed by atoms with Crippen molar-refractivity contribution in [1.82, 2.24) is 10.2 Å². The maximum atomic E-state index is 3.57. The predicted octanol–water partition coefficient (Wildman–Crippen LogP) is 1.47. The normalized spacial score (nSPS) is 19.0. The van der Waals surface area contributed by atoms with Gasteiger partial charge in [0.15, 0.2) is 0 Å². The molecule has 0 aromatic carbocycles. The molecule has 0 bridgehead atoms. The maximum absolute atomic E-state index is 3.57. The first kappa shape index (κ1) is 11.6. The third-order valence-electron chi connectivity index (χ3n) is 2.89. The number of piperidine rings is 1. The molecule has 0 aromatic rings. The van der Waals surface area contributed by atoms with Gasteiger partial charge in [-0.05, 0) is 39.4 Å². The van der Waals surface area contributed by atoms with E-state index in [9.17, 15) is 0 Å². The van der Waals surface area contributed by atoms with Crippen molar-refractivity contribution < 1.29 is 0 Å². The molecule has 1 fully saturated rings. The van der Waals surface area contributed by atoms with Gasteiger partial charge < -0.3 is 10.2 Å². The molecular weight excluding hydrogens is 172 g/mol. The number of rotatable bonds is 4. The van der Waals surface area contributed by atoms with Crippen LogP contribution in [0.25, 0.3) is 0 Å². The van der Waals surface area contributed by atoms with E-state index in [2.05, 4.69) is 29.0 Å². The van der Waals surface area contributed by atoms with Crippen LogP contribution in [-0.2, 0) is 0 Å². The number of nitrogens with one attached hydrogen (secondary N) is 1. The van der Waals surface area contributed by atoms with Crippen LogP contribution in [0, 0.1) is 11.8 Å². The second-order valence-corrected chi connectivity index (χ2v) is 3.84. The van der Waals surface area contributed by atoms with E-state index in [0.29, 0.717) is 0 Å². The van der Waals surface area contributed by atoms with Crippen molar-refractivity contribution in [2.75, 3.05) is 26.2 Å². The van der Waals surface area contributed by atoms with Crippen molar-refractivity contribution in [1.29, 1.82) is 0 Å². The molecule has 2 heteroatoms. The Kier molecular flexibility index (Phi) is 5.66. The van der Waals surface area contributed by atoms with Crippen molar-refractivity contribution in [3.8, 4) is 11.8 Å². The Balaban J connectivity index is 2.06. The van der Waals surface area contributed by atoms with Crippen LogP contribution < -0.4 is 5.32 Å². The minimum atomic E-state index is 0.733. The van der Waals surface area contributed by atoms with Gasteiger partial charge in [-0.15, -0.1) is 11.8 Å². The van der Waals surface area contributed by atoms with Gasteiger partial charge in [0.25, 0.3) is 0 Å². The fraction of sp³-hybridized carbons (Fsp3) is 0.833. The summed E-state index contributed by atoms with van der Waals surface area (Å²) in [5.74, 6) is 6.01. The van der Waals surface area contributed by atoms with Crippen LogP contribution >= 0.6 is 0 Å². The summed E-state index contributed by atoms with van der Waals surface area (Å²) < 4.78 is 0. The molecule has 0 aliphatic carbocycles. The molecule has 14 heavy (non-hydrogen) atoms. The van der Waals surface area contributed by atoms with Crippen LogP contribution in [0.1, 0.15) is 33.1 Å². The Morgan fingerprint density at radius 1 is 1.36 bits per heavy atom. The topological polar surface area (TPSA) is 15.3 Å². The second kappa shape index (κ2) is 6.86. The van der Waals surface area contributed by atoms with Gasteiger partial charge in [-0.2, -0.15) is 0 Å². The average molecular weight is 194 g/mol. The van der Waals surface area contributed by atoms with Crippen LogP contribution in [-0.4, -0.2) is 37.1 Å². The zero-order chi connectivity index (χ0) is 10.2. The summed E-state index contributed by atoms with van der Waals surface area (Å²) in [4.78, 5) is 2.52. The third-order valence-corrected chi connectivity index (χ3v) is 2.89. The summed E-state index contributed by atoms with van der Waals surface area (Å²) in [6.07, 6.45) is 3.59. The van der Waals surface area contributed by atoms with E-state index in [1.54, 1.807) is 0 Å². The van der Waals surface area contributed by atoms with Gasteiger partial charge in [0.2, 0.25) is 0 Å². The largest absolute Gasteiger partial charge is 0.313 e. The van der Waals surface area contributed by atoms with E-state index >= 15 is 0 Å². The first-order valence-electron chi connectivity index (χ1n) is 5.72. The highest BCUT2D eigenvalue weighted by Crippen LogP contribution is 2.09. The number of nitrogens with zero attached hydrogens (tertiary/aromatic N) is 1. The number of likely N-dealkylation sites (tertiary alicyclic amines) is 1. The Bertz CT molecular complexity index is 194. The summed E-state index contributed by atoms with van der Waals surface area (Å²) in [6, 6.07) is 0.733. The Morgan fingerprint density at radius 3 is 2.64 bits per heavy atom. The zero-order valence-corrected chi connectivity index (χ0v) is 9.47. The van der Waals surface area contributed by atoms with Gasteiger partial charge in [0.05, 0.1) is 0 Å². The van der Waals surface area contributed by atoms with Gasteiger partial charge in [-0.25, -0.2) is 0 Å². The molecule has 80 valence electrons. The molecule has 1 N–H and O–H groups in total. The highest BCUT2D eigenvalue weighted by molar-refractivity contribution is 4.95. The molecule has 0 atom stereocenters. The van der Waals surface area contributed by atoms with Crippen molar-refractivity contribution in [2.45, 2.75) is 39.2 Å². The summed E-state index contributed by atoms with van der Waals surface area (Å²) in [6.45, 7) is 8.91. The van der Waals surface area contributed by atoms with Crippen LogP contribution in [0.4, 0.5) is 0 Å². The average Bonchev–Trinajstić information content (AvgIpc) is 2.25. The lowest BCUT2D eigenvalue weighted by Crippen LogP contribution is -2.42. The molecule has 1 saturated heterocycles. The van der Waals surface area contributed by atoms with Gasteiger partial charge in [0.1, 0.15) is 0 Å². The fourth-order valence-electron chi connectivity index (χ4n) is 1.92. The Labute approximate surface area is 88.1 Å². The summed E-state index contributed by atoms with van der Waals surface area (Å²) >= 11 is 0. The molecule has 0 spiro atoms. The van der Waals surface area contributed by atoms with Crippen molar-refractivity contribution >= 4 is 0 Å². The van der Waals surface area contributed by atoms with E-state index in [-0.39, 0.29) is 0 Å². The summed E-state index contributed by atoms with van der Waals surface area (Å²) in [5, 5.41) is 3.57. The standard InChI is InChI=1S/C12H22N2/c1-3-5-6-9-13-12-7-10-14(4-2)11-8-12/h12-13H,4,6-11H2,1-2H3. The highest BCUT2D eigenvalue weighted by Gasteiger charge is 2.16. The summed E-state index contributed by atoms with van der Waals surface area (Å²) in [7, 11) is 0. The van der Waals surface area contributed by atoms with Crippen LogP contribution in [0.3, 0.4) is 0 Å². The first-order chi connectivity index (χ1) is 6.86. The van der Waals surface area contributed by atoms with E-state index in [0.717, 1.165) is 19.0 Å². The lowest BCUT2D eigenvalue weighted by molar-refractivity contribution is 0.207. The van der Waals surface area contributed by atoms with E-state index in [1.165, 1.54) is 32.5 Å². The lowest BCUT2D eigenvalue weighted by Gasteiger charge is -2.31. The van der Waals surface area contributed by atoms with Crippen LogP contribution in [0.5, 0.6) is 0 Å². The molecule has 0 aromatic heterocycles. The van der Waals surface area contributed by atoms with E-state index in [4.69, 9.17) is 0 Å². The first-order valence-corrected chi connectivity index (χ1v) is 5.72. The Hall–Kier alpha value is -0.520. The Morgan fingerprint density at radius 2 is 2.07 bits per heavy atom. The minimum absolute atomic E-state index is 0.733. The third kappa shape index (κ3) is 4.13. The molecule has 0 amide bonds. The van der Waals surface area contributed by atoms with Crippen LogP contribution in [0.2, 0.25) is 0 Å². The van der Waals surface area contributed by atoms with Crippen molar-refractivity contribution in [2.24, 2.45) is 0 Å². The minimum Gasteiger partial charge on any atom is -0.313 e. The van der Waals surface area contributed by atoms with Gasteiger partial charge >= 0.3 is 0 Å². The SMILES string of the molecule is CC#CCCNC1CCN(CC)CC1. The molecule has 1 rings (SSSR count). The van der Waals surface area contributed by atoms with Crippen molar-refractivity contribution in [3.63, 3.8) is 0 Å². The number of hydrogen-bond acceptors (Lipinski definition) is 2. The maximum Gasteiger partial charge on any atom is 0.0214 e. The molecule has 1 aliphatic heterocycles. The molecule has 1 heterocycles. The molecule has 0 saturated carbocycles. The molecule has 0 unspecified atom stereocenters. The molecule has 2 nitrogen and oxygen atoms in total. The number of hydrogen-bond donors (Lipinski definition) is 1. The van der Waals surface area contributed by atoms with Gasteiger partial charge in [-0.1, -0.05) is 6.92 Å². The van der Waals surface area contributed by atoms with Crippen LogP contribution in [0.15, 0.2) is 0 Å². The van der Waals surface area contributed by atoms with E-state index < -0.39 is 0 Å². The molecule has 0 radical (unpaired) electrons. The van der Waals surface area contributed by atoms with E-state index in [1.807, 2.05) is 6.92 Å². The highest BCUT2D eigenvalue weighted by atomic mass is 15.1. The zero-order valence-electron chi connectivity index (χ0n) is 9.47. The molecular formula is C12H22N2. The van der Waals surface area contributed by atoms with Gasteiger partial charge in [0, 0.05) is 19.0 Å². The second-order valence-electron chi connectivity index (χ2n) is 3.84. The monoisotopic (exact) mass is 194 g/mol. The quantitative estimate of drug-likeness (QED) is 0.538. The fourth-order valence-corrected chi connectivity index (χ4v) is 1.92. The summed E-state index contributed by atoms with van der Waals surface area (Å²) in [5.41, 5.74) is 0. The van der Waals surface area contributed by atoms with Gasteiger partial charge in [-0.3, -0.25) is 0 Å². The smallest absolute Gasteiger partial charge is 0.0214 e. The predicted molar refractivity (Wildman–Crippen MR) is 61.2 cm³/mol. The lowest BCUT2D eigenvalue weighted by atomic mass is 10.1. The molecule has 1 aliphatic rings.